The number of urea groups is 1. The van der Waals surface area contributed by atoms with Crippen LogP contribution in [0.3, 0.4) is 0 Å². The molecular weight excluding hydrogens is 420 g/mol. The molecule has 3 aromatic carbocycles. The molecule has 2 N–H and O–H groups in total. The Labute approximate surface area is 192 Å². The summed E-state index contributed by atoms with van der Waals surface area (Å²) in [7, 11) is 1.61. The Balaban J connectivity index is 1.49. The van der Waals surface area contributed by atoms with Crippen molar-refractivity contribution in [1.82, 2.24) is 10.2 Å². The summed E-state index contributed by atoms with van der Waals surface area (Å²) >= 11 is 0. The number of aryl methyl sites for hydroxylation is 2. The highest BCUT2D eigenvalue weighted by molar-refractivity contribution is 6.07. The number of nitrogens with one attached hydrogen (secondary N) is 1. The number of rotatable bonds is 7. The molecule has 4 rings (SSSR count). The van der Waals surface area contributed by atoms with E-state index in [1.165, 1.54) is 0 Å². The lowest BCUT2D eigenvalue weighted by Gasteiger charge is -2.24. The molecule has 7 nitrogen and oxygen atoms in total. The Morgan fingerprint density at radius 3 is 2.39 bits per heavy atom. The summed E-state index contributed by atoms with van der Waals surface area (Å²) in [6.45, 7) is 5.35. The lowest BCUT2D eigenvalue weighted by atomic mass is 9.90. The number of amides is 3. The summed E-state index contributed by atoms with van der Waals surface area (Å²) in [5.74, 6) is 1.04. The van der Waals surface area contributed by atoms with E-state index < -0.39 is 23.6 Å². The first-order chi connectivity index (χ1) is 15.7. The molecular formula is C26H28N2O5. The van der Waals surface area contributed by atoms with E-state index in [1.807, 2.05) is 68.4 Å². The minimum absolute atomic E-state index is 0.0305. The van der Waals surface area contributed by atoms with Gasteiger partial charge in [0, 0.05) is 0 Å². The van der Waals surface area contributed by atoms with Crippen molar-refractivity contribution < 1.29 is 24.2 Å². The van der Waals surface area contributed by atoms with Crippen LogP contribution in [0.4, 0.5) is 4.79 Å². The molecule has 2 unspecified atom stereocenters. The number of hydrogen-bond donors (Lipinski definition) is 2. The summed E-state index contributed by atoms with van der Waals surface area (Å²) in [4.78, 5) is 27.0. The minimum Gasteiger partial charge on any atom is -0.497 e. The molecule has 1 aliphatic heterocycles. The molecule has 0 aliphatic carbocycles. The Morgan fingerprint density at radius 2 is 1.70 bits per heavy atom. The number of ether oxygens (including phenoxy) is 2. The zero-order chi connectivity index (χ0) is 23.8. The number of carbonyl (C=O) groups is 2. The zero-order valence-corrected chi connectivity index (χ0v) is 19.2. The van der Waals surface area contributed by atoms with Crippen molar-refractivity contribution in [2.75, 3.05) is 20.3 Å². The van der Waals surface area contributed by atoms with Gasteiger partial charge in [-0.15, -0.1) is 0 Å². The van der Waals surface area contributed by atoms with Crippen molar-refractivity contribution in [2.24, 2.45) is 0 Å². The molecule has 0 spiro atoms. The van der Waals surface area contributed by atoms with Gasteiger partial charge >= 0.3 is 6.03 Å². The zero-order valence-electron chi connectivity index (χ0n) is 19.2. The third kappa shape index (κ3) is 4.24. The van der Waals surface area contributed by atoms with Gasteiger partial charge in [0.2, 0.25) is 0 Å². The first kappa shape index (κ1) is 22.6. The molecule has 0 bridgehead atoms. The fraction of sp³-hybridized carbons (Fsp3) is 0.308. The van der Waals surface area contributed by atoms with Gasteiger partial charge in [-0.25, -0.2) is 4.79 Å². The number of aliphatic hydroxyl groups excluding tert-OH is 1. The average molecular weight is 449 g/mol. The smallest absolute Gasteiger partial charge is 0.325 e. The summed E-state index contributed by atoms with van der Waals surface area (Å²) in [6.07, 6.45) is -1.02. The van der Waals surface area contributed by atoms with E-state index >= 15 is 0 Å². The number of nitrogens with zero attached hydrogens (tertiary/aromatic N) is 1. The maximum absolute atomic E-state index is 13.3. The Hall–Kier alpha value is -3.58. The van der Waals surface area contributed by atoms with Crippen molar-refractivity contribution in [3.05, 3.63) is 71.3 Å². The lowest BCUT2D eigenvalue weighted by Crippen LogP contribution is -2.42. The third-order valence-electron chi connectivity index (χ3n) is 6.12. The quantitative estimate of drug-likeness (QED) is 0.539. The molecule has 1 saturated heterocycles. The van der Waals surface area contributed by atoms with Crippen LogP contribution >= 0.6 is 0 Å². The predicted octanol–water partition coefficient (Wildman–Crippen LogP) is 3.67. The Morgan fingerprint density at radius 1 is 1.03 bits per heavy atom. The summed E-state index contributed by atoms with van der Waals surface area (Å²) in [5, 5.41) is 15.2. The highest BCUT2D eigenvalue weighted by Crippen LogP contribution is 2.32. The molecule has 2 atom stereocenters. The average Bonchev–Trinajstić information content (AvgIpc) is 3.01. The largest absolute Gasteiger partial charge is 0.497 e. The molecule has 1 fully saturated rings. The number of hydrogen-bond acceptors (Lipinski definition) is 5. The highest BCUT2D eigenvalue weighted by atomic mass is 16.5. The van der Waals surface area contributed by atoms with Gasteiger partial charge in [0.1, 0.15) is 29.7 Å². The van der Waals surface area contributed by atoms with Gasteiger partial charge in [0.05, 0.1) is 13.7 Å². The van der Waals surface area contributed by atoms with Crippen LogP contribution in [0.25, 0.3) is 10.8 Å². The number of fused-ring (bicyclic) bond motifs is 1. The van der Waals surface area contributed by atoms with Crippen molar-refractivity contribution >= 4 is 22.7 Å². The maximum atomic E-state index is 13.3. The molecule has 1 aliphatic rings. The van der Waals surface area contributed by atoms with Gasteiger partial charge in [-0.2, -0.15) is 0 Å². The maximum Gasteiger partial charge on any atom is 0.325 e. The van der Waals surface area contributed by atoms with Crippen LogP contribution in [-0.2, 0) is 10.3 Å². The standard InChI is InChI=1S/C26H28N2O5/c1-16-6-5-7-17(2)23(16)33-15-21(29)14-28-24(30)26(3,27-25(28)31)20-10-8-19-13-22(32-4)11-9-18(19)12-20/h5-13,21,29H,14-15H2,1-4H3,(H,27,31). The van der Waals surface area contributed by atoms with Crippen molar-refractivity contribution in [2.45, 2.75) is 32.4 Å². The van der Waals surface area contributed by atoms with E-state index in [-0.39, 0.29) is 13.2 Å². The van der Waals surface area contributed by atoms with Gasteiger partial charge < -0.3 is 19.9 Å². The molecule has 0 radical (unpaired) electrons. The van der Waals surface area contributed by atoms with Crippen LogP contribution in [-0.4, -0.2) is 48.3 Å². The topological polar surface area (TPSA) is 88.1 Å². The second kappa shape index (κ2) is 8.75. The van der Waals surface area contributed by atoms with Crippen molar-refractivity contribution in [3.63, 3.8) is 0 Å². The van der Waals surface area contributed by atoms with Crippen LogP contribution in [0.2, 0.25) is 0 Å². The summed E-state index contributed by atoms with van der Waals surface area (Å²) in [6, 6.07) is 16.5. The van der Waals surface area contributed by atoms with Crippen LogP contribution < -0.4 is 14.8 Å². The number of methoxy groups -OCH3 is 1. The van der Waals surface area contributed by atoms with Gasteiger partial charge in [0.15, 0.2) is 0 Å². The first-order valence-corrected chi connectivity index (χ1v) is 10.8. The van der Waals surface area contributed by atoms with E-state index in [9.17, 15) is 14.7 Å². The Bertz CT molecular complexity index is 1200. The molecule has 0 saturated carbocycles. The van der Waals surface area contributed by atoms with Gasteiger partial charge in [0.25, 0.3) is 5.91 Å². The van der Waals surface area contributed by atoms with Crippen LogP contribution in [0.15, 0.2) is 54.6 Å². The molecule has 3 aromatic rings. The van der Waals surface area contributed by atoms with Crippen LogP contribution in [0, 0.1) is 13.8 Å². The second-order valence-electron chi connectivity index (χ2n) is 8.58. The fourth-order valence-electron chi connectivity index (χ4n) is 4.19. The number of β-amino-alcohol motifs (C(OH)–C–C–N with tert-alkyl or cyclic N) is 1. The lowest BCUT2D eigenvalue weighted by molar-refractivity contribution is -0.132. The van der Waals surface area contributed by atoms with E-state index in [2.05, 4.69) is 5.32 Å². The predicted molar refractivity (Wildman–Crippen MR) is 126 cm³/mol. The Kier molecular flexibility index (Phi) is 5.99. The number of carbonyl (C=O) groups excluding carboxylic acids is 2. The third-order valence-corrected chi connectivity index (χ3v) is 6.12. The molecule has 0 aromatic heterocycles. The van der Waals surface area contributed by atoms with Crippen molar-refractivity contribution in [3.8, 4) is 11.5 Å². The molecule has 1 heterocycles. The van der Waals surface area contributed by atoms with Crippen molar-refractivity contribution in [1.29, 1.82) is 0 Å². The molecule has 7 heteroatoms. The summed E-state index contributed by atoms with van der Waals surface area (Å²) in [5.41, 5.74) is 1.36. The van der Waals surface area contributed by atoms with E-state index in [4.69, 9.17) is 9.47 Å². The molecule has 172 valence electrons. The van der Waals surface area contributed by atoms with Gasteiger partial charge in [-0.05, 0) is 66.4 Å². The molecule has 3 amide bonds. The van der Waals surface area contributed by atoms with E-state index in [1.54, 1.807) is 14.0 Å². The second-order valence-corrected chi connectivity index (χ2v) is 8.58. The van der Waals surface area contributed by atoms with E-state index in [0.29, 0.717) is 11.3 Å². The van der Waals surface area contributed by atoms with Crippen LogP contribution in [0.5, 0.6) is 11.5 Å². The normalized spacial score (nSPS) is 19.0. The first-order valence-electron chi connectivity index (χ1n) is 10.8. The summed E-state index contributed by atoms with van der Waals surface area (Å²) < 4.78 is 11.0. The number of imide groups is 1. The monoisotopic (exact) mass is 448 g/mol. The number of aliphatic hydroxyl groups is 1. The van der Waals surface area contributed by atoms with Gasteiger partial charge in [-0.1, -0.05) is 36.4 Å². The minimum atomic E-state index is -1.22. The van der Waals surface area contributed by atoms with Gasteiger partial charge in [-0.3, -0.25) is 9.69 Å². The van der Waals surface area contributed by atoms with Crippen LogP contribution in [0.1, 0.15) is 23.6 Å². The number of benzene rings is 3. The number of para-hydroxylation sites is 1. The highest BCUT2D eigenvalue weighted by Gasteiger charge is 2.49. The molecule has 33 heavy (non-hydrogen) atoms. The fourth-order valence-corrected chi connectivity index (χ4v) is 4.19. The SMILES string of the molecule is COc1ccc2cc(C3(C)NC(=O)N(CC(O)COc4c(C)cccc4C)C3=O)ccc2c1. The van der Waals surface area contributed by atoms with E-state index in [0.717, 1.165) is 32.5 Å².